The number of benzene rings is 1. The molecule has 0 bridgehead atoms. The molecule has 0 radical (unpaired) electrons. The summed E-state index contributed by atoms with van der Waals surface area (Å²) in [7, 11) is 0. The molecule has 0 saturated heterocycles. The normalized spacial score (nSPS) is 33.7. The van der Waals surface area contributed by atoms with E-state index in [0.29, 0.717) is 47.3 Å². The molecular formula is C52H44O. The molecule has 53 heavy (non-hydrogen) atoms. The minimum atomic E-state index is 0.310. The fraction of sp³-hybridized carbons (Fsp3) is 0.231. The maximum absolute atomic E-state index is 6.47. The molecule has 258 valence electrons. The molecule has 0 spiro atoms. The van der Waals surface area contributed by atoms with Gasteiger partial charge in [0.15, 0.2) is 0 Å². The van der Waals surface area contributed by atoms with Gasteiger partial charge < -0.3 is 4.74 Å². The molecule has 1 aromatic rings. The monoisotopic (exact) mass is 684 g/mol. The Hall–Kier alpha value is -5.40. The first kappa shape index (κ1) is 31.2. The van der Waals surface area contributed by atoms with Crippen LogP contribution in [-0.2, 0) is 4.74 Å². The van der Waals surface area contributed by atoms with Crippen LogP contribution < -0.4 is 0 Å². The summed E-state index contributed by atoms with van der Waals surface area (Å²) in [5, 5.41) is 0. The van der Waals surface area contributed by atoms with Gasteiger partial charge in [0.1, 0.15) is 11.5 Å². The van der Waals surface area contributed by atoms with Crippen molar-refractivity contribution in [2.24, 2.45) is 41.4 Å². The van der Waals surface area contributed by atoms with Gasteiger partial charge in [-0.1, -0.05) is 164 Å². The number of allylic oxidation sites excluding steroid dienone is 32. The Labute approximate surface area is 314 Å². The molecule has 11 rings (SSSR count). The zero-order valence-corrected chi connectivity index (χ0v) is 30.0. The lowest BCUT2D eigenvalue weighted by Gasteiger charge is -2.41. The van der Waals surface area contributed by atoms with Crippen LogP contribution in [0.15, 0.2) is 221 Å². The Morgan fingerprint density at radius 3 is 2.45 bits per heavy atom. The fourth-order valence-corrected chi connectivity index (χ4v) is 10.9. The van der Waals surface area contributed by atoms with Crippen LogP contribution in [-0.4, -0.2) is 0 Å². The summed E-state index contributed by atoms with van der Waals surface area (Å²) in [4.78, 5) is 0. The van der Waals surface area contributed by atoms with Crippen molar-refractivity contribution in [3.05, 3.63) is 232 Å². The first-order valence-corrected chi connectivity index (χ1v) is 19.9. The molecule has 8 atom stereocenters. The third-order valence-electron chi connectivity index (χ3n) is 13.3. The third kappa shape index (κ3) is 5.12. The molecular weight excluding hydrogens is 641 g/mol. The fourth-order valence-electron chi connectivity index (χ4n) is 10.9. The van der Waals surface area contributed by atoms with Crippen LogP contribution in [0.1, 0.15) is 42.7 Å². The van der Waals surface area contributed by atoms with Crippen molar-refractivity contribution in [3.63, 3.8) is 0 Å². The van der Waals surface area contributed by atoms with E-state index in [-0.39, 0.29) is 0 Å². The van der Waals surface area contributed by atoms with Gasteiger partial charge >= 0.3 is 0 Å². The Morgan fingerprint density at radius 1 is 0.679 bits per heavy atom. The van der Waals surface area contributed by atoms with E-state index in [0.717, 1.165) is 37.2 Å². The molecule has 0 amide bonds. The van der Waals surface area contributed by atoms with E-state index >= 15 is 0 Å². The van der Waals surface area contributed by atoms with Crippen molar-refractivity contribution in [1.29, 1.82) is 0 Å². The molecule has 10 aliphatic rings. The van der Waals surface area contributed by atoms with Crippen LogP contribution in [0, 0.1) is 41.4 Å². The Balaban J connectivity index is 0.940. The standard InChI is InChI=1S/C52H44O/c1-3-19-40-33(12-1)14-11-25-41(40)37-16-10-18-39(31-37)51-45-23-7-5-21-43(45)50(44-22-6-8-24-46(44)51)38-17-9-15-35(30-38)36-27-28-48-47(32-36)52-42-20-4-2-13-34(42)26-29-49(52)53-48/h1-7,9-16,18-23,25-31,33-34,38,40,42,45,47,51H,8,17,24,32H2/t33?,34?,38?,40?,42-,45?,47?,51?/m0/s1. The minimum absolute atomic E-state index is 0.310. The molecule has 0 saturated carbocycles. The van der Waals surface area contributed by atoms with Crippen molar-refractivity contribution >= 4 is 5.57 Å². The van der Waals surface area contributed by atoms with E-state index in [4.69, 9.17) is 4.74 Å². The van der Waals surface area contributed by atoms with Crippen molar-refractivity contribution in [2.75, 3.05) is 0 Å². The van der Waals surface area contributed by atoms with E-state index in [1.165, 1.54) is 44.6 Å². The Bertz CT molecular complexity index is 2350. The van der Waals surface area contributed by atoms with Crippen LogP contribution >= 0.6 is 0 Å². The number of hydrogen-bond acceptors (Lipinski definition) is 1. The number of ether oxygens (including phenoxy) is 1. The van der Waals surface area contributed by atoms with Crippen LogP contribution in [0.3, 0.4) is 0 Å². The largest absolute Gasteiger partial charge is 0.461 e. The maximum atomic E-state index is 6.47. The molecule has 1 heteroatoms. The van der Waals surface area contributed by atoms with Gasteiger partial charge in [-0.3, -0.25) is 0 Å². The van der Waals surface area contributed by atoms with Crippen LogP contribution in [0.2, 0.25) is 0 Å². The van der Waals surface area contributed by atoms with Crippen LogP contribution in [0.5, 0.6) is 0 Å². The highest BCUT2D eigenvalue weighted by atomic mass is 16.5. The lowest BCUT2D eigenvalue weighted by molar-refractivity contribution is 0.315. The lowest BCUT2D eigenvalue weighted by atomic mass is 9.62. The second-order valence-electron chi connectivity index (χ2n) is 16.0. The van der Waals surface area contributed by atoms with Gasteiger partial charge in [-0.25, -0.2) is 0 Å². The van der Waals surface area contributed by atoms with E-state index < -0.39 is 0 Å². The predicted molar refractivity (Wildman–Crippen MR) is 218 cm³/mol. The molecule has 0 N–H and O–H groups in total. The van der Waals surface area contributed by atoms with Gasteiger partial charge in [0, 0.05) is 47.3 Å². The van der Waals surface area contributed by atoms with E-state index in [1.54, 1.807) is 11.1 Å². The number of rotatable bonds is 4. The predicted octanol–water partition coefficient (Wildman–Crippen LogP) is 12.3. The SMILES string of the molecule is C1=CC2=C(C3C=C(C4=CC=C5OC6=C(C5C4)[C@H]4C=CC=CC4C=C6)C=CC3)C3=C(CCC=C3)C(c3cccc(C4=CC=CC5C=CC=CC45)c3)C2C=C1. The van der Waals surface area contributed by atoms with Crippen molar-refractivity contribution in [1.82, 2.24) is 0 Å². The topological polar surface area (TPSA) is 9.23 Å². The summed E-state index contributed by atoms with van der Waals surface area (Å²) in [5.74, 6) is 5.15. The Morgan fingerprint density at radius 2 is 1.51 bits per heavy atom. The highest BCUT2D eigenvalue weighted by Crippen LogP contribution is 2.54. The molecule has 0 aromatic heterocycles. The average molecular weight is 685 g/mol. The van der Waals surface area contributed by atoms with Crippen molar-refractivity contribution < 1.29 is 4.74 Å². The van der Waals surface area contributed by atoms with Gasteiger partial charge in [-0.05, 0) is 88.0 Å². The summed E-state index contributed by atoms with van der Waals surface area (Å²) in [5.41, 5.74) is 14.7. The summed E-state index contributed by atoms with van der Waals surface area (Å²) in [6, 6.07) is 9.55. The van der Waals surface area contributed by atoms with Crippen LogP contribution in [0.25, 0.3) is 5.57 Å². The molecule has 7 unspecified atom stereocenters. The molecule has 0 fully saturated rings. The highest BCUT2D eigenvalue weighted by Gasteiger charge is 2.42. The van der Waals surface area contributed by atoms with E-state index in [2.05, 4.69) is 170 Å². The lowest BCUT2D eigenvalue weighted by Crippen LogP contribution is -2.27. The summed E-state index contributed by atoms with van der Waals surface area (Å²) >= 11 is 0. The quantitative estimate of drug-likeness (QED) is 0.307. The summed E-state index contributed by atoms with van der Waals surface area (Å²) in [6.45, 7) is 0. The highest BCUT2D eigenvalue weighted by molar-refractivity contribution is 5.74. The summed E-state index contributed by atoms with van der Waals surface area (Å²) in [6.07, 6.45) is 60.3. The van der Waals surface area contributed by atoms with Crippen molar-refractivity contribution in [3.8, 4) is 0 Å². The van der Waals surface area contributed by atoms with Gasteiger partial charge in [0.2, 0.25) is 0 Å². The second kappa shape index (κ2) is 12.6. The average Bonchev–Trinajstić information content (AvgIpc) is 3.61. The maximum Gasteiger partial charge on any atom is 0.127 e. The zero-order valence-electron chi connectivity index (χ0n) is 30.0. The Kier molecular flexibility index (Phi) is 7.42. The molecule has 1 nitrogen and oxygen atoms in total. The van der Waals surface area contributed by atoms with Gasteiger partial charge in [-0.15, -0.1) is 0 Å². The first-order valence-electron chi connectivity index (χ1n) is 19.9. The van der Waals surface area contributed by atoms with Crippen molar-refractivity contribution in [2.45, 2.75) is 31.6 Å². The first-order chi connectivity index (χ1) is 26.3. The molecule has 1 aliphatic heterocycles. The van der Waals surface area contributed by atoms with Gasteiger partial charge in [-0.2, -0.15) is 0 Å². The van der Waals surface area contributed by atoms with Gasteiger partial charge in [0.05, 0.1) is 0 Å². The number of hydrogen-bond donors (Lipinski definition) is 0. The molecule has 9 aliphatic carbocycles. The number of fused-ring (bicyclic) bond motifs is 6. The third-order valence-corrected chi connectivity index (χ3v) is 13.3. The molecule has 1 aromatic carbocycles. The van der Waals surface area contributed by atoms with Crippen LogP contribution in [0.4, 0.5) is 0 Å². The van der Waals surface area contributed by atoms with Gasteiger partial charge in [0.25, 0.3) is 0 Å². The minimum Gasteiger partial charge on any atom is -0.461 e. The smallest absolute Gasteiger partial charge is 0.127 e. The summed E-state index contributed by atoms with van der Waals surface area (Å²) < 4.78 is 6.47. The second-order valence-corrected chi connectivity index (χ2v) is 16.0. The van der Waals surface area contributed by atoms with E-state index in [1.807, 2.05) is 0 Å². The zero-order chi connectivity index (χ0) is 34.9. The molecule has 1 heterocycles. The van der Waals surface area contributed by atoms with E-state index in [9.17, 15) is 0 Å².